The van der Waals surface area contributed by atoms with E-state index in [1.165, 1.54) is 4.90 Å². The Balaban J connectivity index is 1.34. The molecule has 2 fully saturated rings. The predicted molar refractivity (Wildman–Crippen MR) is 145 cm³/mol. The number of nitrogens with zero attached hydrogens (tertiary/aromatic N) is 6. The number of benzene rings is 1. The summed E-state index contributed by atoms with van der Waals surface area (Å²) in [7, 11) is 0. The smallest absolute Gasteiger partial charge is 0.258 e. The van der Waals surface area contributed by atoms with Crippen LogP contribution in [0.25, 0.3) is 11.5 Å². The third-order valence-corrected chi connectivity index (χ3v) is 7.75. The molecule has 1 aliphatic carbocycles. The maximum Gasteiger partial charge on any atom is 0.258 e. The van der Waals surface area contributed by atoms with Gasteiger partial charge in [-0.15, -0.1) is 5.10 Å². The molecule has 1 aromatic carbocycles. The van der Waals surface area contributed by atoms with Crippen LogP contribution in [0.1, 0.15) is 82.9 Å². The van der Waals surface area contributed by atoms with Gasteiger partial charge in [-0.05, 0) is 42.9 Å². The number of carbonyl (C=O) groups is 2. The van der Waals surface area contributed by atoms with Crippen molar-refractivity contribution < 1.29 is 19.2 Å². The fraction of sp³-hybridized carbons (Fsp3) is 0.556. The zero-order valence-electron chi connectivity index (χ0n) is 22.5. The molecule has 5 rings (SSSR count). The molecule has 12 heteroatoms. The van der Waals surface area contributed by atoms with Crippen LogP contribution in [0.15, 0.2) is 39.5 Å². The number of rotatable bonds is 8. The molecule has 4 atom stereocenters. The molecule has 2 amide bonds. The first-order valence-corrected chi connectivity index (χ1v) is 14.1. The molecular weight excluding hydrogens is 566 g/mol. The maximum absolute atomic E-state index is 14.0. The molecular formula is C27H34BrN7O4. The molecule has 0 radical (unpaired) electrons. The summed E-state index contributed by atoms with van der Waals surface area (Å²) in [6.07, 6.45) is 3.86. The number of β-amino-alcohol motifs (C(OH)–C–C–N with tert-alkyl or cyclic N) is 1. The average molecular weight is 601 g/mol. The summed E-state index contributed by atoms with van der Waals surface area (Å²) in [4.78, 5) is 33.5. The van der Waals surface area contributed by atoms with Crippen LogP contribution in [-0.4, -0.2) is 65.6 Å². The SMILES string of the molecule is CCC(NC(=O)[C@@H]1C[C@@H](O)CN1C(=O)C(n1cc(C2CC2)nn1)C(C)(C)C)c1noc(-c2cccc(Br)c2)n1. The molecule has 1 saturated carbocycles. The number of carbonyl (C=O) groups excluding carboxylic acids is 2. The minimum Gasteiger partial charge on any atom is -0.391 e. The van der Waals surface area contributed by atoms with E-state index in [9.17, 15) is 14.7 Å². The monoisotopic (exact) mass is 599 g/mol. The average Bonchev–Trinajstić information content (AvgIpc) is 3.26. The molecule has 3 heterocycles. The molecule has 39 heavy (non-hydrogen) atoms. The van der Waals surface area contributed by atoms with E-state index in [-0.39, 0.29) is 24.8 Å². The van der Waals surface area contributed by atoms with Gasteiger partial charge in [-0.3, -0.25) is 9.59 Å². The fourth-order valence-electron chi connectivity index (χ4n) is 5.06. The normalized spacial score (nSPS) is 21.1. The summed E-state index contributed by atoms with van der Waals surface area (Å²) < 4.78 is 7.96. The number of hydrogen-bond acceptors (Lipinski definition) is 8. The Morgan fingerprint density at radius 3 is 2.72 bits per heavy atom. The largest absolute Gasteiger partial charge is 0.391 e. The van der Waals surface area contributed by atoms with E-state index in [1.807, 2.05) is 58.2 Å². The van der Waals surface area contributed by atoms with E-state index in [0.29, 0.717) is 24.1 Å². The van der Waals surface area contributed by atoms with Gasteiger partial charge in [0.05, 0.1) is 17.8 Å². The maximum atomic E-state index is 14.0. The summed E-state index contributed by atoms with van der Waals surface area (Å²) in [5.41, 5.74) is 1.15. The lowest BCUT2D eigenvalue weighted by Crippen LogP contribution is -2.50. The number of halogens is 1. The first-order chi connectivity index (χ1) is 18.5. The van der Waals surface area contributed by atoms with Crippen LogP contribution in [0.4, 0.5) is 0 Å². The summed E-state index contributed by atoms with van der Waals surface area (Å²) in [6.45, 7) is 7.86. The van der Waals surface area contributed by atoms with Crippen molar-refractivity contribution in [3.63, 3.8) is 0 Å². The minimum absolute atomic E-state index is 0.0692. The molecule has 2 aromatic heterocycles. The van der Waals surface area contributed by atoms with E-state index in [0.717, 1.165) is 28.6 Å². The Morgan fingerprint density at radius 2 is 2.05 bits per heavy atom. The number of aliphatic hydroxyl groups excluding tert-OH is 1. The van der Waals surface area contributed by atoms with Crippen LogP contribution in [0.2, 0.25) is 0 Å². The van der Waals surface area contributed by atoms with Gasteiger partial charge in [0.2, 0.25) is 11.8 Å². The van der Waals surface area contributed by atoms with Gasteiger partial charge >= 0.3 is 0 Å². The van der Waals surface area contributed by atoms with Crippen LogP contribution < -0.4 is 5.32 Å². The number of aromatic nitrogens is 5. The standard InChI is InChI=1S/C27H34BrN7O4/c1-5-19(23-30-25(39-32-23)16-7-6-8-17(28)11-16)29-24(37)21-12-18(36)13-34(21)26(38)22(27(2,3)4)35-14-20(31-33-35)15-9-10-15/h6-8,11,14-15,18-19,21-22,36H,5,9-10,12-13H2,1-4H3,(H,29,37)/t18-,19?,21+,22?/m1/s1. The lowest BCUT2D eigenvalue weighted by molar-refractivity contribution is -0.144. The van der Waals surface area contributed by atoms with Crippen LogP contribution >= 0.6 is 15.9 Å². The van der Waals surface area contributed by atoms with Gasteiger partial charge in [0.15, 0.2) is 5.82 Å². The zero-order valence-corrected chi connectivity index (χ0v) is 24.1. The Kier molecular flexibility index (Phi) is 7.60. The third kappa shape index (κ3) is 5.91. The number of hydrogen-bond donors (Lipinski definition) is 2. The predicted octanol–water partition coefficient (Wildman–Crippen LogP) is 3.78. The molecule has 0 bridgehead atoms. The van der Waals surface area contributed by atoms with E-state index < -0.39 is 29.6 Å². The summed E-state index contributed by atoms with van der Waals surface area (Å²) >= 11 is 3.44. The molecule has 208 valence electrons. The first kappa shape index (κ1) is 27.4. The first-order valence-electron chi connectivity index (χ1n) is 13.3. The minimum atomic E-state index is -0.839. The van der Waals surface area contributed by atoms with Crippen molar-refractivity contribution in [2.24, 2.45) is 5.41 Å². The van der Waals surface area contributed by atoms with Gasteiger partial charge in [-0.2, -0.15) is 4.98 Å². The van der Waals surface area contributed by atoms with Crippen LogP contribution in [0, 0.1) is 5.41 Å². The second-order valence-electron chi connectivity index (χ2n) is 11.5. The molecule has 1 saturated heterocycles. The second kappa shape index (κ2) is 10.8. The van der Waals surface area contributed by atoms with Crippen molar-refractivity contribution in [2.75, 3.05) is 6.54 Å². The Labute approximate surface area is 235 Å². The Morgan fingerprint density at radius 1 is 1.28 bits per heavy atom. The summed E-state index contributed by atoms with van der Waals surface area (Å²) in [5.74, 6) is 0.460. The van der Waals surface area contributed by atoms with Crippen molar-refractivity contribution in [3.05, 3.63) is 46.5 Å². The fourth-order valence-corrected chi connectivity index (χ4v) is 5.46. The summed E-state index contributed by atoms with van der Waals surface area (Å²) in [6, 6.07) is 5.47. The second-order valence-corrected chi connectivity index (χ2v) is 12.4. The van der Waals surface area contributed by atoms with E-state index in [4.69, 9.17) is 4.52 Å². The highest BCUT2D eigenvalue weighted by atomic mass is 79.9. The molecule has 0 spiro atoms. The van der Waals surface area contributed by atoms with Crippen molar-refractivity contribution >= 4 is 27.7 Å². The van der Waals surface area contributed by atoms with Gasteiger partial charge in [0.1, 0.15) is 12.1 Å². The Bertz CT molecular complexity index is 1350. The zero-order chi connectivity index (χ0) is 27.9. The van der Waals surface area contributed by atoms with Gasteiger partial charge in [0.25, 0.3) is 5.89 Å². The van der Waals surface area contributed by atoms with Gasteiger partial charge < -0.3 is 19.8 Å². The number of nitrogens with one attached hydrogen (secondary N) is 1. The topological polar surface area (TPSA) is 139 Å². The molecule has 1 aliphatic heterocycles. The molecule has 3 aromatic rings. The molecule has 2 unspecified atom stereocenters. The highest BCUT2D eigenvalue weighted by molar-refractivity contribution is 9.10. The number of likely N-dealkylation sites (tertiary alicyclic amines) is 1. The molecule has 2 N–H and O–H groups in total. The van der Waals surface area contributed by atoms with Crippen molar-refractivity contribution in [3.8, 4) is 11.5 Å². The lowest BCUT2D eigenvalue weighted by Gasteiger charge is -2.34. The Hall–Kier alpha value is -3.12. The van der Waals surface area contributed by atoms with E-state index in [2.05, 4.69) is 41.7 Å². The van der Waals surface area contributed by atoms with Gasteiger partial charge in [-0.1, -0.05) is 60.1 Å². The van der Waals surface area contributed by atoms with Crippen molar-refractivity contribution in [2.45, 2.75) is 83.5 Å². The summed E-state index contributed by atoms with van der Waals surface area (Å²) in [5, 5.41) is 26.2. The lowest BCUT2D eigenvalue weighted by atomic mass is 9.85. The van der Waals surface area contributed by atoms with Gasteiger partial charge in [0, 0.05) is 35.1 Å². The third-order valence-electron chi connectivity index (χ3n) is 7.26. The number of amides is 2. The quantitative estimate of drug-likeness (QED) is 0.398. The van der Waals surface area contributed by atoms with Gasteiger partial charge in [-0.25, -0.2) is 4.68 Å². The molecule has 11 nitrogen and oxygen atoms in total. The van der Waals surface area contributed by atoms with Crippen LogP contribution in [-0.2, 0) is 9.59 Å². The van der Waals surface area contributed by atoms with E-state index >= 15 is 0 Å². The van der Waals surface area contributed by atoms with E-state index in [1.54, 1.807) is 4.68 Å². The highest BCUT2D eigenvalue weighted by Gasteiger charge is 2.46. The number of aliphatic hydroxyl groups is 1. The highest BCUT2D eigenvalue weighted by Crippen LogP contribution is 2.40. The van der Waals surface area contributed by atoms with Crippen molar-refractivity contribution in [1.29, 1.82) is 0 Å². The van der Waals surface area contributed by atoms with Crippen LogP contribution in [0.3, 0.4) is 0 Å². The molecule has 2 aliphatic rings. The van der Waals surface area contributed by atoms with Crippen LogP contribution in [0.5, 0.6) is 0 Å². The van der Waals surface area contributed by atoms with Crippen molar-refractivity contribution in [1.82, 2.24) is 35.4 Å².